The molecule has 1 heterocycles. The summed E-state index contributed by atoms with van der Waals surface area (Å²) >= 11 is 0. The second-order valence-electron chi connectivity index (χ2n) is 7.91. The van der Waals surface area contributed by atoms with Crippen molar-refractivity contribution in [2.45, 2.75) is 103 Å². The highest BCUT2D eigenvalue weighted by Gasteiger charge is 2.25. The second-order valence-corrected chi connectivity index (χ2v) is 7.91. The molecule has 2 rings (SSSR count). The Bertz CT molecular complexity index is 499. The van der Waals surface area contributed by atoms with E-state index in [0.29, 0.717) is 12.2 Å². The predicted molar refractivity (Wildman–Crippen MR) is 110 cm³/mol. The lowest BCUT2D eigenvalue weighted by atomic mass is 9.86. The number of ketones is 1. The number of carbonyl (C=O) groups excluding carboxylic acids is 1. The van der Waals surface area contributed by atoms with Gasteiger partial charge in [-0.1, -0.05) is 70.2 Å². The smallest absolute Gasteiger partial charge is 0.142 e. The largest absolute Gasteiger partial charge is 0.378 e. The van der Waals surface area contributed by atoms with Crippen molar-refractivity contribution in [3.8, 4) is 0 Å². The van der Waals surface area contributed by atoms with Crippen molar-refractivity contribution in [1.82, 2.24) is 0 Å². The molecule has 2 heteroatoms. The zero-order valence-corrected chi connectivity index (χ0v) is 17.0. The molecule has 2 nitrogen and oxygen atoms in total. The van der Waals surface area contributed by atoms with Gasteiger partial charge in [0.05, 0.1) is 6.10 Å². The third-order valence-corrected chi connectivity index (χ3v) is 5.64. The van der Waals surface area contributed by atoms with E-state index in [4.69, 9.17) is 4.74 Å². The maximum absolute atomic E-state index is 13.0. The highest BCUT2D eigenvalue weighted by molar-refractivity contribution is 5.86. The molecule has 1 saturated heterocycles. The summed E-state index contributed by atoms with van der Waals surface area (Å²) in [5.41, 5.74) is 2.61. The van der Waals surface area contributed by atoms with Gasteiger partial charge in [-0.2, -0.15) is 0 Å². The number of unbranched alkanes of at least 4 members (excludes halogenated alkanes) is 4. The van der Waals surface area contributed by atoms with Crippen molar-refractivity contribution in [2.75, 3.05) is 6.61 Å². The predicted octanol–water partition coefficient (Wildman–Crippen LogP) is 6.61. The van der Waals surface area contributed by atoms with Crippen molar-refractivity contribution in [2.24, 2.45) is 0 Å². The fourth-order valence-corrected chi connectivity index (χ4v) is 3.94. The van der Waals surface area contributed by atoms with Gasteiger partial charge in [-0.25, -0.2) is 0 Å². The number of hydrogen-bond acceptors (Lipinski definition) is 2. The standard InChI is InChI=1S/C24H38O2/c1-3-5-7-11-20-14-16-21(17-15-20)23(13-8-6-4-2)24(25)19-22-12-9-10-18-26-22/h14-17,22-23H,3-13,18-19H2,1-2H3. The minimum Gasteiger partial charge on any atom is -0.378 e. The number of aryl methyl sites for hydroxylation is 1. The minimum absolute atomic E-state index is 0.0526. The molecule has 0 aliphatic carbocycles. The zero-order valence-electron chi connectivity index (χ0n) is 17.0. The van der Waals surface area contributed by atoms with Gasteiger partial charge in [-0.15, -0.1) is 0 Å². The number of carbonyl (C=O) groups is 1. The maximum Gasteiger partial charge on any atom is 0.142 e. The van der Waals surface area contributed by atoms with Gasteiger partial charge in [0.15, 0.2) is 0 Å². The van der Waals surface area contributed by atoms with Crippen LogP contribution in [-0.2, 0) is 16.0 Å². The first-order valence-corrected chi connectivity index (χ1v) is 11.0. The molecule has 1 aromatic rings. The quantitative estimate of drug-likeness (QED) is 0.393. The van der Waals surface area contributed by atoms with E-state index in [9.17, 15) is 4.79 Å². The summed E-state index contributed by atoms with van der Waals surface area (Å²) in [5.74, 6) is 0.434. The number of benzene rings is 1. The van der Waals surface area contributed by atoms with Crippen LogP contribution in [0.3, 0.4) is 0 Å². The van der Waals surface area contributed by atoms with Crippen LogP contribution in [0.15, 0.2) is 24.3 Å². The molecule has 146 valence electrons. The molecule has 0 radical (unpaired) electrons. The first kappa shape index (κ1) is 21.2. The van der Waals surface area contributed by atoms with Gasteiger partial charge < -0.3 is 4.74 Å². The van der Waals surface area contributed by atoms with Crippen LogP contribution < -0.4 is 0 Å². The van der Waals surface area contributed by atoms with Gasteiger partial charge in [-0.05, 0) is 49.7 Å². The molecule has 0 N–H and O–H groups in total. The summed E-state index contributed by atoms with van der Waals surface area (Å²) in [6.45, 7) is 5.29. The molecule has 1 aromatic carbocycles. The van der Waals surface area contributed by atoms with Gasteiger partial charge in [0.1, 0.15) is 5.78 Å². The molecular formula is C24H38O2. The lowest BCUT2D eigenvalue weighted by Gasteiger charge is -2.24. The first-order valence-electron chi connectivity index (χ1n) is 11.0. The van der Waals surface area contributed by atoms with Crippen LogP contribution in [0.5, 0.6) is 0 Å². The fraction of sp³-hybridized carbons (Fsp3) is 0.708. The monoisotopic (exact) mass is 358 g/mol. The number of hydrogen-bond donors (Lipinski definition) is 0. The van der Waals surface area contributed by atoms with E-state index in [-0.39, 0.29) is 12.0 Å². The lowest BCUT2D eigenvalue weighted by Crippen LogP contribution is -2.25. The Kier molecular flexibility index (Phi) is 9.99. The average molecular weight is 359 g/mol. The molecule has 2 atom stereocenters. The topological polar surface area (TPSA) is 26.3 Å². The Morgan fingerprint density at radius 3 is 2.42 bits per heavy atom. The van der Waals surface area contributed by atoms with E-state index in [1.54, 1.807) is 0 Å². The highest BCUT2D eigenvalue weighted by Crippen LogP contribution is 2.28. The fourth-order valence-electron chi connectivity index (χ4n) is 3.94. The number of Topliss-reactive ketones (excluding diaryl/α,β-unsaturated/α-hetero) is 1. The summed E-state index contributed by atoms with van der Waals surface area (Å²) in [7, 11) is 0. The van der Waals surface area contributed by atoms with Crippen LogP contribution in [0.2, 0.25) is 0 Å². The number of rotatable bonds is 12. The van der Waals surface area contributed by atoms with Crippen LogP contribution in [-0.4, -0.2) is 18.5 Å². The van der Waals surface area contributed by atoms with Gasteiger partial charge in [0, 0.05) is 18.9 Å². The van der Waals surface area contributed by atoms with Crippen LogP contribution >= 0.6 is 0 Å². The summed E-state index contributed by atoms with van der Waals surface area (Å²) in [6, 6.07) is 8.89. The minimum atomic E-state index is 0.0526. The summed E-state index contributed by atoms with van der Waals surface area (Å²) in [5, 5.41) is 0. The van der Waals surface area contributed by atoms with Crippen LogP contribution in [0.25, 0.3) is 0 Å². The summed E-state index contributed by atoms with van der Waals surface area (Å²) in [4.78, 5) is 13.0. The highest BCUT2D eigenvalue weighted by atomic mass is 16.5. The van der Waals surface area contributed by atoms with E-state index in [1.807, 2.05) is 0 Å². The average Bonchev–Trinajstić information content (AvgIpc) is 2.67. The third kappa shape index (κ3) is 7.23. The first-order chi connectivity index (χ1) is 12.7. The van der Waals surface area contributed by atoms with Crippen molar-refractivity contribution in [1.29, 1.82) is 0 Å². The molecule has 0 spiro atoms. The molecule has 0 saturated carbocycles. The van der Waals surface area contributed by atoms with E-state index in [0.717, 1.165) is 38.7 Å². The van der Waals surface area contributed by atoms with E-state index >= 15 is 0 Å². The van der Waals surface area contributed by atoms with Crippen LogP contribution in [0, 0.1) is 0 Å². The Labute approximate surface area is 160 Å². The lowest BCUT2D eigenvalue weighted by molar-refractivity contribution is -0.124. The molecule has 1 aliphatic rings. The summed E-state index contributed by atoms with van der Waals surface area (Å²) < 4.78 is 5.81. The van der Waals surface area contributed by atoms with Crippen molar-refractivity contribution in [3.05, 3.63) is 35.4 Å². The maximum atomic E-state index is 13.0. The Hall–Kier alpha value is -1.15. The van der Waals surface area contributed by atoms with Crippen LogP contribution in [0.1, 0.15) is 102 Å². The normalized spacial score (nSPS) is 18.6. The van der Waals surface area contributed by atoms with Crippen LogP contribution in [0.4, 0.5) is 0 Å². The van der Waals surface area contributed by atoms with E-state index in [1.165, 1.54) is 49.7 Å². The third-order valence-electron chi connectivity index (χ3n) is 5.64. The van der Waals surface area contributed by atoms with Gasteiger partial charge >= 0.3 is 0 Å². The van der Waals surface area contributed by atoms with Crippen molar-refractivity contribution < 1.29 is 9.53 Å². The van der Waals surface area contributed by atoms with Crippen molar-refractivity contribution >= 4 is 5.78 Å². The van der Waals surface area contributed by atoms with Gasteiger partial charge in [-0.3, -0.25) is 4.79 Å². The Morgan fingerprint density at radius 2 is 1.77 bits per heavy atom. The van der Waals surface area contributed by atoms with Gasteiger partial charge in [0.25, 0.3) is 0 Å². The molecule has 0 amide bonds. The van der Waals surface area contributed by atoms with E-state index in [2.05, 4.69) is 38.1 Å². The van der Waals surface area contributed by atoms with Crippen molar-refractivity contribution in [3.63, 3.8) is 0 Å². The second kappa shape index (κ2) is 12.3. The molecule has 1 aliphatic heterocycles. The summed E-state index contributed by atoms with van der Waals surface area (Å²) in [6.07, 6.45) is 13.6. The van der Waals surface area contributed by atoms with E-state index < -0.39 is 0 Å². The number of ether oxygens (including phenoxy) is 1. The molecule has 2 unspecified atom stereocenters. The Morgan fingerprint density at radius 1 is 1.04 bits per heavy atom. The molecular weight excluding hydrogens is 320 g/mol. The zero-order chi connectivity index (χ0) is 18.6. The molecule has 26 heavy (non-hydrogen) atoms. The molecule has 0 aromatic heterocycles. The molecule has 0 bridgehead atoms. The Balaban J connectivity index is 1.98. The van der Waals surface area contributed by atoms with Gasteiger partial charge in [0.2, 0.25) is 0 Å². The SMILES string of the molecule is CCCCCc1ccc(C(CCCCC)C(=O)CC2CCCCO2)cc1. The molecule has 1 fully saturated rings.